The fourth-order valence-electron chi connectivity index (χ4n) is 3.49. The number of halogens is 1. The van der Waals surface area contributed by atoms with Crippen LogP contribution in [0.4, 0.5) is 10.3 Å². The number of nitrogens with zero attached hydrogens (tertiary/aromatic N) is 6. The van der Waals surface area contributed by atoms with Gasteiger partial charge in [-0.2, -0.15) is 0 Å². The van der Waals surface area contributed by atoms with Crippen molar-refractivity contribution < 1.29 is 9.13 Å². The van der Waals surface area contributed by atoms with Gasteiger partial charge in [0.25, 0.3) is 0 Å². The van der Waals surface area contributed by atoms with Gasteiger partial charge in [0.1, 0.15) is 12.0 Å². The number of imidazole rings is 1. The molecule has 1 aliphatic heterocycles. The number of fused-ring (bicyclic) bond motifs is 1. The van der Waals surface area contributed by atoms with Crippen LogP contribution in [0, 0.1) is 0 Å². The lowest BCUT2D eigenvalue weighted by atomic mass is 10.1. The predicted octanol–water partition coefficient (Wildman–Crippen LogP) is 2.86. The summed E-state index contributed by atoms with van der Waals surface area (Å²) >= 11 is 0. The van der Waals surface area contributed by atoms with E-state index in [0.717, 1.165) is 35.4 Å². The fourth-order valence-corrected chi connectivity index (χ4v) is 3.49. The third-order valence-electron chi connectivity index (χ3n) is 4.93. The van der Waals surface area contributed by atoms with Gasteiger partial charge in [-0.3, -0.25) is 9.55 Å². The Hall–Kier alpha value is -3.13. The number of hydrogen-bond donors (Lipinski definition) is 0. The van der Waals surface area contributed by atoms with Gasteiger partial charge in [-0.1, -0.05) is 6.08 Å². The molecule has 1 aliphatic carbocycles. The van der Waals surface area contributed by atoms with Gasteiger partial charge in [0.15, 0.2) is 0 Å². The highest BCUT2D eigenvalue weighted by Crippen LogP contribution is 2.30. The van der Waals surface area contributed by atoms with Gasteiger partial charge in [0.05, 0.1) is 36.0 Å². The normalized spacial score (nSPS) is 19.8. The average molecular weight is 378 g/mol. The predicted molar refractivity (Wildman–Crippen MR) is 105 cm³/mol. The third kappa shape index (κ3) is 3.05. The molecule has 1 atom stereocenters. The van der Waals surface area contributed by atoms with Gasteiger partial charge < -0.3 is 9.64 Å². The maximum absolute atomic E-state index is 13.6. The summed E-state index contributed by atoms with van der Waals surface area (Å²) in [5.74, 6) is 1.40. The molecule has 3 aromatic rings. The van der Waals surface area contributed by atoms with Crippen LogP contribution < -0.4 is 4.90 Å². The molecule has 8 heteroatoms. The maximum atomic E-state index is 13.6. The Morgan fingerprint density at radius 1 is 1.11 bits per heavy atom. The molecule has 4 heterocycles. The molecule has 0 spiro atoms. The van der Waals surface area contributed by atoms with Crippen LogP contribution in [0.2, 0.25) is 0 Å². The van der Waals surface area contributed by atoms with Gasteiger partial charge in [-0.05, 0) is 18.2 Å². The lowest BCUT2D eigenvalue weighted by molar-refractivity contribution is 0.122. The Morgan fingerprint density at radius 3 is 2.68 bits per heavy atom. The highest BCUT2D eigenvalue weighted by Gasteiger charge is 2.19. The van der Waals surface area contributed by atoms with Crippen molar-refractivity contribution >= 4 is 22.7 Å². The minimum Gasteiger partial charge on any atom is -0.378 e. The van der Waals surface area contributed by atoms with Crippen molar-refractivity contribution in [1.82, 2.24) is 24.5 Å². The number of aromatic nitrogens is 5. The largest absolute Gasteiger partial charge is 0.378 e. The molecular weight excluding hydrogens is 359 g/mol. The van der Waals surface area contributed by atoms with E-state index in [1.807, 2.05) is 16.7 Å². The van der Waals surface area contributed by atoms with E-state index in [1.54, 1.807) is 36.9 Å². The average Bonchev–Trinajstić information content (AvgIpc) is 3.15. The molecule has 0 radical (unpaired) electrons. The molecule has 7 nitrogen and oxygen atoms in total. The fraction of sp³-hybridized carbons (Fsp3) is 0.300. The highest BCUT2D eigenvalue weighted by molar-refractivity contribution is 5.86. The standard InChI is InChI=1S/C20H19FN6O/c21-15-1-3-16(4-2-15)27-18-13-22-6-5-17(18)25-19(27)14-11-23-20(24-12-14)26-7-9-28-10-8-26/h1,3-6,11-13,15H,2,7-10H2. The summed E-state index contributed by atoms with van der Waals surface area (Å²) < 4.78 is 20.9. The lowest BCUT2D eigenvalue weighted by Gasteiger charge is -2.26. The van der Waals surface area contributed by atoms with Crippen molar-refractivity contribution in [2.24, 2.45) is 0 Å². The molecule has 0 aromatic carbocycles. The van der Waals surface area contributed by atoms with Crippen LogP contribution in [0.1, 0.15) is 6.42 Å². The zero-order valence-corrected chi connectivity index (χ0v) is 15.2. The number of allylic oxidation sites excluding steroid dienone is 4. The molecule has 5 rings (SSSR count). The maximum Gasteiger partial charge on any atom is 0.225 e. The number of morpholine rings is 1. The molecule has 0 bridgehead atoms. The van der Waals surface area contributed by atoms with Gasteiger partial charge in [0.2, 0.25) is 5.95 Å². The molecule has 0 amide bonds. The first-order valence-corrected chi connectivity index (χ1v) is 9.30. The van der Waals surface area contributed by atoms with Crippen molar-refractivity contribution in [2.45, 2.75) is 12.6 Å². The zero-order valence-electron chi connectivity index (χ0n) is 15.2. The molecule has 0 N–H and O–H groups in total. The molecule has 28 heavy (non-hydrogen) atoms. The second kappa shape index (κ2) is 7.12. The van der Waals surface area contributed by atoms with Crippen LogP contribution in [-0.4, -0.2) is 57.0 Å². The van der Waals surface area contributed by atoms with Crippen LogP contribution >= 0.6 is 0 Å². The third-order valence-corrected chi connectivity index (χ3v) is 4.93. The van der Waals surface area contributed by atoms with Crippen LogP contribution in [0.15, 0.2) is 49.1 Å². The van der Waals surface area contributed by atoms with Crippen molar-refractivity contribution in [1.29, 1.82) is 0 Å². The van der Waals surface area contributed by atoms with Crippen molar-refractivity contribution in [3.63, 3.8) is 0 Å². The Bertz CT molecular complexity index is 1050. The van der Waals surface area contributed by atoms with E-state index in [-0.39, 0.29) is 0 Å². The summed E-state index contributed by atoms with van der Waals surface area (Å²) in [6.07, 6.45) is 11.7. The van der Waals surface area contributed by atoms with Gasteiger partial charge >= 0.3 is 0 Å². The molecule has 3 aromatic heterocycles. The van der Waals surface area contributed by atoms with E-state index in [2.05, 4.69) is 19.9 Å². The van der Waals surface area contributed by atoms with E-state index >= 15 is 0 Å². The zero-order chi connectivity index (χ0) is 18.9. The molecule has 1 fully saturated rings. The first-order chi connectivity index (χ1) is 13.8. The summed E-state index contributed by atoms with van der Waals surface area (Å²) in [7, 11) is 0. The Kier molecular flexibility index (Phi) is 4.32. The number of anilines is 1. The molecule has 142 valence electrons. The van der Waals surface area contributed by atoms with Gasteiger partial charge in [-0.15, -0.1) is 0 Å². The number of pyridine rings is 1. The number of alkyl halides is 1. The lowest BCUT2D eigenvalue weighted by Crippen LogP contribution is -2.37. The first-order valence-electron chi connectivity index (χ1n) is 9.30. The minimum absolute atomic E-state index is 0.345. The molecule has 0 saturated carbocycles. The monoisotopic (exact) mass is 378 g/mol. The molecular formula is C20H19FN6O. The number of rotatable bonds is 3. The topological polar surface area (TPSA) is 69.0 Å². The quantitative estimate of drug-likeness (QED) is 0.698. The number of hydrogen-bond acceptors (Lipinski definition) is 6. The first kappa shape index (κ1) is 17.0. The number of ether oxygens (including phenoxy) is 1. The molecule has 2 aliphatic rings. The SMILES string of the molecule is FC1C=CC(n2c(-c3cnc(N4CCOCC4)nc3)nc3ccncc32)=CC1. The van der Waals surface area contributed by atoms with Crippen LogP contribution in [0.3, 0.4) is 0 Å². The van der Waals surface area contributed by atoms with Crippen molar-refractivity contribution in [3.05, 3.63) is 49.1 Å². The van der Waals surface area contributed by atoms with Crippen molar-refractivity contribution in [3.8, 4) is 11.4 Å². The summed E-state index contributed by atoms with van der Waals surface area (Å²) in [5, 5.41) is 0. The van der Waals surface area contributed by atoms with Crippen LogP contribution in [0.25, 0.3) is 28.1 Å². The van der Waals surface area contributed by atoms with E-state index in [4.69, 9.17) is 9.72 Å². The summed E-state index contributed by atoms with van der Waals surface area (Å²) in [4.78, 5) is 20.2. The van der Waals surface area contributed by atoms with E-state index in [9.17, 15) is 4.39 Å². The van der Waals surface area contributed by atoms with E-state index in [1.165, 1.54) is 0 Å². The Morgan fingerprint density at radius 2 is 1.93 bits per heavy atom. The summed E-state index contributed by atoms with van der Waals surface area (Å²) in [6.45, 7) is 2.94. The van der Waals surface area contributed by atoms with Crippen molar-refractivity contribution in [2.75, 3.05) is 31.2 Å². The Labute approximate surface area is 161 Å². The van der Waals surface area contributed by atoms with E-state index < -0.39 is 6.17 Å². The van der Waals surface area contributed by atoms with Gasteiger partial charge in [0, 0.05) is 43.8 Å². The minimum atomic E-state index is -0.948. The van der Waals surface area contributed by atoms with Crippen LogP contribution in [0.5, 0.6) is 0 Å². The summed E-state index contributed by atoms with van der Waals surface area (Å²) in [6, 6.07) is 1.86. The molecule has 1 saturated heterocycles. The van der Waals surface area contributed by atoms with Crippen LogP contribution in [-0.2, 0) is 4.74 Å². The van der Waals surface area contributed by atoms with Gasteiger partial charge in [-0.25, -0.2) is 19.3 Å². The Balaban J connectivity index is 1.57. The molecule has 1 unspecified atom stereocenters. The van der Waals surface area contributed by atoms with E-state index in [0.29, 0.717) is 31.4 Å². The highest BCUT2D eigenvalue weighted by atomic mass is 19.1. The second-order valence-corrected chi connectivity index (χ2v) is 6.75. The summed E-state index contributed by atoms with van der Waals surface area (Å²) in [5.41, 5.74) is 3.35. The second-order valence-electron chi connectivity index (χ2n) is 6.75. The smallest absolute Gasteiger partial charge is 0.225 e.